The van der Waals surface area contributed by atoms with Gasteiger partial charge in [-0.1, -0.05) is 35.6 Å². The Morgan fingerprint density at radius 3 is 2.67 bits per heavy atom. The normalized spacial score (nSPS) is 11.0. The molecule has 8 heteroatoms. The highest BCUT2D eigenvalue weighted by Crippen LogP contribution is 2.25. The lowest BCUT2D eigenvalue weighted by Crippen LogP contribution is -2.23. The molecule has 0 saturated heterocycles. The number of anilines is 1. The molecule has 0 atom stereocenters. The lowest BCUT2D eigenvalue weighted by Gasteiger charge is -2.14. The summed E-state index contributed by atoms with van der Waals surface area (Å²) < 4.78 is 7.47. The molecular formula is C19H17N5O2S. The quantitative estimate of drug-likeness (QED) is 0.585. The molecule has 0 radical (unpaired) electrons. The summed E-state index contributed by atoms with van der Waals surface area (Å²) in [5.41, 5.74) is 7.83. The molecule has 136 valence electrons. The Kier molecular flexibility index (Phi) is 4.33. The average molecular weight is 379 g/mol. The second-order valence-corrected chi connectivity index (χ2v) is 7.15. The molecule has 4 aromatic rings. The number of aryl methyl sites for hydroxylation is 2. The number of ether oxygens (including phenoxy) is 1. The third kappa shape index (κ3) is 3.15. The molecule has 27 heavy (non-hydrogen) atoms. The molecule has 2 N–H and O–H groups in total. The zero-order chi connectivity index (χ0) is 19.0. The number of fused-ring (bicyclic) bond motifs is 1. The average Bonchev–Trinajstić information content (AvgIpc) is 3.07. The SMILES string of the molecule is Cc1ccccc1-n1c(C)nc2c(OCc3nnc(N)s3)cccc2c1=O. The van der Waals surface area contributed by atoms with Gasteiger partial charge >= 0.3 is 0 Å². The molecule has 0 saturated carbocycles. The molecule has 0 spiro atoms. The number of rotatable bonds is 4. The zero-order valence-corrected chi connectivity index (χ0v) is 15.7. The van der Waals surface area contributed by atoms with Gasteiger partial charge in [-0.2, -0.15) is 0 Å². The molecule has 2 aromatic carbocycles. The van der Waals surface area contributed by atoms with E-state index >= 15 is 0 Å². The van der Waals surface area contributed by atoms with Crippen LogP contribution in [0.25, 0.3) is 16.6 Å². The number of nitrogens with two attached hydrogens (primary N) is 1. The van der Waals surface area contributed by atoms with Crippen molar-refractivity contribution < 1.29 is 4.74 Å². The highest BCUT2D eigenvalue weighted by Gasteiger charge is 2.15. The third-order valence-electron chi connectivity index (χ3n) is 4.22. The van der Waals surface area contributed by atoms with Gasteiger partial charge in [0.05, 0.1) is 11.1 Å². The summed E-state index contributed by atoms with van der Waals surface area (Å²) in [5, 5.41) is 9.26. The second kappa shape index (κ2) is 6.81. The first-order valence-corrected chi connectivity index (χ1v) is 9.15. The van der Waals surface area contributed by atoms with Crippen LogP contribution >= 0.6 is 11.3 Å². The predicted octanol–water partition coefficient (Wildman–Crippen LogP) is 3.02. The molecule has 0 aliphatic heterocycles. The number of nitrogens with zero attached hydrogens (tertiary/aromatic N) is 4. The largest absolute Gasteiger partial charge is 0.484 e. The summed E-state index contributed by atoms with van der Waals surface area (Å²) >= 11 is 1.26. The monoisotopic (exact) mass is 379 g/mol. The van der Waals surface area contributed by atoms with Gasteiger partial charge in [0.2, 0.25) is 5.13 Å². The van der Waals surface area contributed by atoms with Crippen molar-refractivity contribution >= 4 is 27.4 Å². The van der Waals surface area contributed by atoms with Gasteiger partial charge in [0.1, 0.15) is 23.7 Å². The molecule has 2 aromatic heterocycles. The van der Waals surface area contributed by atoms with Crippen LogP contribution in [-0.4, -0.2) is 19.7 Å². The van der Waals surface area contributed by atoms with Gasteiger partial charge in [0.15, 0.2) is 5.01 Å². The summed E-state index contributed by atoms with van der Waals surface area (Å²) in [6.45, 7) is 4.00. The number of nitrogen functional groups attached to an aromatic ring is 1. The van der Waals surface area contributed by atoms with Crippen molar-refractivity contribution in [2.45, 2.75) is 20.5 Å². The minimum absolute atomic E-state index is 0.127. The molecule has 4 rings (SSSR count). The molecule has 0 aliphatic rings. The Balaban J connectivity index is 1.81. The van der Waals surface area contributed by atoms with E-state index in [2.05, 4.69) is 15.2 Å². The maximum Gasteiger partial charge on any atom is 0.266 e. The third-order valence-corrected chi connectivity index (χ3v) is 4.95. The van der Waals surface area contributed by atoms with E-state index in [1.807, 2.05) is 38.1 Å². The summed E-state index contributed by atoms with van der Waals surface area (Å²) in [4.78, 5) is 17.8. The van der Waals surface area contributed by atoms with E-state index in [1.54, 1.807) is 22.8 Å². The van der Waals surface area contributed by atoms with E-state index < -0.39 is 0 Å². The van der Waals surface area contributed by atoms with Crippen molar-refractivity contribution in [3.05, 3.63) is 69.2 Å². The van der Waals surface area contributed by atoms with Gasteiger partial charge in [-0.15, -0.1) is 10.2 Å². The van der Waals surface area contributed by atoms with E-state index in [-0.39, 0.29) is 12.2 Å². The van der Waals surface area contributed by atoms with Crippen LogP contribution in [0.1, 0.15) is 16.4 Å². The Morgan fingerprint density at radius 1 is 1.11 bits per heavy atom. The topological polar surface area (TPSA) is 95.9 Å². The lowest BCUT2D eigenvalue weighted by molar-refractivity contribution is 0.307. The Labute approximate surface area is 159 Å². The summed E-state index contributed by atoms with van der Waals surface area (Å²) in [5.74, 6) is 1.12. The fourth-order valence-corrected chi connectivity index (χ4v) is 3.49. The lowest BCUT2D eigenvalue weighted by atomic mass is 10.1. The standard InChI is InChI=1S/C19H17N5O2S/c1-11-6-3-4-8-14(11)24-12(2)21-17-13(18(24)25)7-5-9-15(17)26-10-16-22-23-19(20)27-16/h3-9H,10H2,1-2H3,(H2,20,23). The number of hydrogen-bond acceptors (Lipinski definition) is 7. The predicted molar refractivity (Wildman–Crippen MR) is 105 cm³/mol. The van der Waals surface area contributed by atoms with Gasteiger partial charge in [-0.05, 0) is 37.6 Å². The number of hydrogen-bond donors (Lipinski definition) is 1. The van der Waals surface area contributed by atoms with Gasteiger partial charge in [-0.25, -0.2) is 4.98 Å². The van der Waals surface area contributed by atoms with Crippen LogP contribution < -0.4 is 16.0 Å². The number of benzene rings is 2. The highest BCUT2D eigenvalue weighted by atomic mass is 32.1. The van der Waals surface area contributed by atoms with E-state index in [1.165, 1.54) is 11.3 Å². The molecule has 7 nitrogen and oxygen atoms in total. The highest BCUT2D eigenvalue weighted by molar-refractivity contribution is 7.15. The Hall–Kier alpha value is -3.26. The summed E-state index contributed by atoms with van der Waals surface area (Å²) in [6.07, 6.45) is 0. The van der Waals surface area contributed by atoms with Crippen molar-refractivity contribution in [3.8, 4) is 11.4 Å². The maximum atomic E-state index is 13.2. The van der Waals surface area contributed by atoms with Gasteiger partial charge in [0, 0.05) is 0 Å². The van der Waals surface area contributed by atoms with E-state index in [0.29, 0.717) is 32.6 Å². The Bertz CT molecular complexity index is 1200. The van der Waals surface area contributed by atoms with Crippen LogP contribution in [0.4, 0.5) is 5.13 Å². The molecule has 0 bridgehead atoms. The van der Waals surface area contributed by atoms with Crippen molar-refractivity contribution in [2.24, 2.45) is 0 Å². The van der Waals surface area contributed by atoms with E-state index in [9.17, 15) is 4.79 Å². The van der Waals surface area contributed by atoms with Crippen LogP contribution in [0, 0.1) is 13.8 Å². The molecular weight excluding hydrogens is 362 g/mol. The molecule has 0 aliphatic carbocycles. The van der Waals surface area contributed by atoms with Crippen molar-refractivity contribution in [3.63, 3.8) is 0 Å². The van der Waals surface area contributed by atoms with Crippen LogP contribution in [0.2, 0.25) is 0 Å². The summed E-state index contributed by atoms with van der Waals surface area (Å²) in [6, 6.07) is 13.1. The van der Waals surface area contributed by atoms with Crippen LogP contribution in [0.3, 0.4) is 0 Å². The first kappa shape index (κ1) is 17.2. The molecule has 2 heterocycles. The molecule has 0 fully saturated rings. The van der Waals surface area contributed by atoms with Crippen LogP contribution in [0.15, 0.2) is 47.3 Å². The summed E-state index contributed by atoms with van der Waals surface area (Å²) in [7, 11) is 0. The zero-order valence-electron chi connectivity index (χ0n) is 14.8. The van der Waals surface area contributed by atoms with E-state index in [0.717, 1.165) is 11.3 Å². The fraction of sp³-hybridized carbons (Fsp3) is 0.158. The smallest absolute Gasteiger partial charge is 0.266 e. The maximum absolute atomic E-state index is 13.2. The first-order valence-electron chi connectivity index (χ1n) is 8.33. The van der Waals surface area contributed by atoms with Crippen LogP contribution in [0.5, 0.6) is 5.75 Å². The van der Waals surface area contributed by atoms with Crippen molar-refractivity contribution in [1.82, 2.24) is 19.7 Å². The number of aromatic nitrogens is 4. The minimum atomic E-state index is -0.127. The Morgan fingerprint density at radius 2 is 1.93 bits per heavy atom. The van der Waals surface area contributed by atoms with Gasteiger partial charge in [0.25, 0.3) is 5.56 Å². The fourth-order valence-electron chi connectivity index (χ4n) is 2.97. The second-order valence-electron chi connectivity index (χ2n) is 6.06. The van der Waals surface area contributed by atoms with Gasteiger partial charge in [-0.3, -0.25) is 9.36 Å². The van der Waals surface area contributed by atoms with Crippen LogP contribution in [-0.2, 0) is 6.61 Å². The van der Waals surface area contributed by atoms with E-state index in [4.69, 9.17) is 10.5 Å². The molecule has 0 amide bonds. The van der Waals surface area contributed by atoms with Gasteiger partial charge < -0.3 is 10.5 Å². The first-order chi connectivity index (χ1) is 13.0. The molecule has 0 unspecified atom stereocenters. The number of para-hydroxylation sites is 2. The van der Waals surface area contributed by atoms with Crippen molar-refractivity contribution in [1.29, 1.82) is 0 Å². The van der Waals surface area contributed by atoms with Crippen molar-refractivity contribution in [2.75, 3.05) is 5.73 Å². The minimum Gasteiger partial charge on any atom is -0.484 e.